The molecule has 90 valence electrons. The van der Waals surface area contributed by atoms with Crippen molar-refractivity contribution in [3.05, 3.63) is 52.3 Å². The van der Waals surface area contributed by atoms with Gasteiger partial charge in [0.15, 0.2) is 11.2 Å². The first-order valence-corrected chi connectivity index (χ1v) is 5.25. The number of halogens is 1. The molecule has 0 aliphatic carbocycles. The van der Waals surface area contributed by atoms with Crippen LogP contribution in [0.5, 0.6) is 0 Å². The second-order valence-electron chi connectivity index (χ2n) is 3.78. The van der Waals surface area contributed by atoms with Gasteiger partial charge in [-0.3, -0.25) is 4.79 Å². The van der Waals surface area contributed by atoms with E-state index in [1.54, 1.807) is 12.1 Å². The molecule has 2 aromatic heterocycles. The number of aromatic amines is 1. The van der Waals surface area contributed by atoms with E-state index in [2.05, 4.69) is 20.3 Å². The molecule has 0 saturated heterocycles. The summed E-state index contributed by atoms with van der Waals surface area (Å²) in [4.78, 5) is 17.9. The zero-order chi connectivity index (χ0) is 12.5. The molecule has 0 atom stereocenters. The molecule has 2 heterocycles. The van der Waals surface area contributed by atoms with Crippen molar-refractivity contribution in [2.45, 2.75) is 6.54 Å². The van der Waals surface area contributed by atoms with E-state index in [1.807, 2.05) is 0 Å². The standard InChI is InChI=1S/C11H8FN5O/c12-8-3-1-7(2-4-8)5-17-10-9(15-16-17)11(18)14-6-13-10/h1-4,6H,5H2,(H,13,14,18). The molecule has 1 N–H and O–H groups in total. The molecule has 0 aliphatic heterocycles. The Balaban J connectivity index is 2.03. The Morgan fingerprint density at radius 2 is 2.06 bits per heavy atom. The average molecular weight is 245 g/mol. The summed E-state index contributed by atoms with van der Waals surface area (Å²) in [5.74, 6) is -0.295. The topological polar surface area (TPSA) is 76.5 Å². The van der Waals surface area contributed by atoms with Crippen LogP contribution in [-0.2, 0) is 6.54 Å². The van der Waals surface area contributed by atoms with Crippen LogP contribution in [0.3, 0.4) is 0 Å². The third kappa shape index (κ3) is 1.75. The van der Waals surface area contributed by atoms with Gasteiger partial charge in [-0.05, 0) is 17.7 Å². The fraction of sp³-hybridized carbons (Fsp3) is 0.0909. The van der Waals surface area contributed by atoms with Crippen molar-refractivity contribution in [1.82, 2.24) is 25.0 Å². The van der Waals surface area contributed by atoms with Crippen LogP contribution in [-0.4, -0.2) is 25.0 Å². The molecule has 0 saturated carbocycles. The van der Waals surface area contributed by atoms with E-state index in [1.165, 1.54) is 23.1 Å². The molecule has 3 aromatic rings. The molecule has 6 nitrogen and oxygen atoms in total. The van der Waals surface area contributed by atoms with Crippen LogP contribution in [0.4, 0.5) is 4.39 Å². The Labute approximate surface area is 100 Å². The normalized spacial score (nSPS) is 10.9. The lowest BCUT2D eigenvalue weighted by atomic mass is 10.2. The van der Waals surface area contributed by atoms with Crippen molar-refractivity contribution in [3.8, 4) is 0 Å². The number of hydrogen-bond donors (Lipinski definition) is 1. The average Bonchev–Trinajstić information content (AvgIpc) is 2.77. The molecule has 0 bridgehead atoms. The van der Waals surface area contributed by atoms with Gasteiger partial charge in [0.2, 0.25) is 0 Å². The van der Waals surface area contributed by atoms with Crippen molar-refractivity contribution in [2.24, 2.45) is 0 Å². The van der Waals surface area contributed by atoms with Crippen molar-refractivity contribution >= 4 is 11.2 Å². The first-order chi connectivity index (χ1) is 8.74. The highest BCUT2D eigenvalue weighted by Gasteiger charge is 2.09. The molecule has 0 aliphatic rings. The second-order valence-corrected chi connectivity index (χ2v) is 3.78. The molecule has 3 rings (SSSR count). The number of nitrogens with zero attached hydrogens (tertiary/aromatic N) is 4. The summed E-state index contributed by atoms with van der Waals surface area (Å²) in [6.45, 7) is 0.382. The molecule has 18 heavy (non-hydrogen) atoms. The van der Waals surface area contributed by atoms with Gasteiger partial charge in [0.25, 0.3) is 5.56 Å². The van der Waals surface area contributed by atoms with Crippen LogP contribution in [0.25, 0.3) is 11.2 Å². The molecule has 1 aromatic carbocycles. The van der Waals surface area contributed by atoms with E-state index < -0.39 is 0 Å². The van der Waals surface area contributed by atoms with Gasteiger partial charge in [0.05, 0.1) is 12.9 Å². The van der Waals surface area contributed by atoms with Crippen LogP contribution < -0.4 is 5.56 Å². The largest absolute Gasteiger partial charge is 0.311 e. The van der Waals surface area contributed by atoms with Gasteiger partial charge in [-0.25, -0.2) is 14.1 Å². The third-order valence-electron chi connectivity index (χ3n) is 2.55. The summed E-state index contributed by atoms with van der Waals surface area (Å²) < 4.78 is 14.3. The van der Waals surface area contributed by atoms with Crippen molar-refractivity contribution in [3.63, 3.8) is 0 Å². The summed E-state index contributed by atoms with van der Waals surface area (Å²) in [7, 11) is 0. The van der Waals surface area contributed by atoms with E-state index in [9.17, 15) is 9.18 Å². The summed E-state index contributed by atoms with van der Waals surface area (Å²) in [5, 5.41) is 7.63. The number of hydrogen-bond acceptors (Lipinski definition) is 4. The zero-order valence-electron chi connectivity index (χ0n) is 9.17. The minimum absolute atomic E-state index is 0.194. The van der Waals surface area contributed by atoms with E-state index in [0.717, 1.165) is 5.56 Å². The van der Waals surface area contributed by atoms with Gasteiger partial charge >= 0.3 is 0 Å². The summed E-state index contributed by atoms with van der Waals surface area (Å²) >= 11 is 0. The van der Waals surface area contributed by atoms with E-state index >= 15 is 0 Å². The lowest BCUT2D eigenvalue weighted by Gasteiger charge is -2.01. The minimum Gasteiger partial charge on any atom is -0.311 e. The maximum absolute atomic E-state index is 12.8. The monoisotopic (exact) mass is 245 g/mol. The summed E-state index contributed by atoms with van der Waals surface area (Å²) in [6, 6.07) is 6.04. The Bertz CT molecular complexity index is 746. The first kappa shape index (κ1) is 10.6. The van der Waals surface area contributed by atoms with Crippen LogP contribution in [0.15, 0.2) is 35.4 Å². The van der Waals surface area contributed by atoms with Gasteiger partial charge in [0.1, 0.15) is 5.82 Å². The Morgan fingerprint density at radius 3 is 2.83 bits per heavy atom. The van der Waals surface area contributed by atoms with Crippen LogP contribution in [0.1, 0.15) is 5.56 Å². The lowest BCUT2D eigenvalue weighted by Crippen LogP contribution is -2.08. The maximum Gasteiger partial charge on any atom is 0.280 e. The molecule has 0 fully saturated rings. The Kier molecular flexibility index (Phi) is 2.36. The molecule has 7 heteroatoms. The van der Waals surface area contributed by atoms with E-state index in [-0.39, 0.29) is 16.9 Å². The SMILES string of the molecule is O=c1[nH]cnc2c1nnn2Cc1ccc(F)cc1. The predicted molar refractivity (Wildman–Crippen MR) is 61.4 cm³/mol. The maximum atomic E-state index is 12.8. The highest BCUT2D eigenvalue weighted by molar-refractivity contribution is 5.67. The second kappa shape index (κ2) is 4.02. The number of aromatic nitrogens is 5. The Morgan fingerprint density at radius 1 is 1.28 bits per heavy atom. The van der Waals surface area contributed by atoms with Gasteiger partial charge < -0.3 is 4.98 Å². The van der Waals surface area contributed by atoms with Gasteiger partial charge in [-0.15, -0.1) is 5.10 Å². The molecule has 0 unspecified atom stereocenters. The number of benzene rings is 1. The molecular formula is C11H8FN5O. The number of nitrogens with one attached hydrogen (secondary N) is 1. The van der Waals surface area contributed by atoms with E-state index in [0.29, 0.717) is 12.2 Å². The number of fused-ring (bicyclic) bond motifs is 1. The van der Waals surface area contributed by atoms with Crippen LogP contribution >= 0.6 is 0 Å². The fourth-order valence-corrected chi connectivity index (χ4v) is 1.67. The predicted octanol–water partition coefficient (Wildman–Crippen LogP) is 0.702. The third-order valence-corrected chi connectivity index (χ3v) is 2.55. The highest BCUT2D eigenvalue weighted by Crippen LogP contribution is 2.07. The molecule has 0 radical (unpaired) electrons. The van der Waals surface area contributed by atoms with E-state index in [4.69, 9.17) is 0 Å². The Hall–Kier alpha value is -2.57. The van der Waals surface area contributed by atoms with Crippen LogP contribution in [0.2, 0.25) is 0 Å². The minimum atomic E-state index is -0.328. The van der Waals surface area contributed by atoms with Crippen molar-refractivity contribution in [2.75, 3.05) is 0 Å². The van der Waals surface area contributed by atoms with Crippen molar-refractivity contribution in [1.29, 1.82) is 0 Å². The molecule has 0 spiro atoms. The molecule has 0 amide bonds. The summed E-state index contributed by atoms with van der Waals surface area (Å²) in [5.41, 5.74) is 1.12. The first-order valence-electron chi connectivity index (χ1n) is 5.25. The van der Waals surface area contributed by atoms with Gasteiger partial charge in [-0.2, -0.15) is 0 Å². The lowest BCUT2D eigenvalue weighted by molar-refractivity contribution is 0.623. The zero-order valence-corrected chi connectivity index (χ0v) is 9.17. The summed E-state index contributed by atoms with van der Waals surface area (Å²) in [6.07, 6.45) is 1.30. The number of rotatable bonds is 2. The van der Waals surface area contributed by atoms with Crippen molar-refractivity contribution < 1.29 is 4.39 Å². The fourth-order valence-electron chi connectivity index (χ4n) is 1.67. The van der Waals surface area contributed by atoms with Crippen LogP contribution in [0, 0.1) is 5.82 Å². The smallest absolute Gasteiger partial charge is 0.280 e. The van der Waals surface area contributed by atoms with Gasteiger partial charge in [0, 0.05) is 0 Å². The molecular weight excluding hydrogens is 237 g/mol. The quantitative estimate of drug-likeness (QED) is 0.721. The highest BCUT2D eigenvalue weighted by atomic mass is 19.1. The number of H-pyrrole nitrogens is 1. The van der Waals surface area contributed by atoms with Gasteiger partial charge in [-0.1, -0.05) is 17.3 Å².